The lowest BCUT2D eigenvalue weighted by Gasteiger charge is -2.31. The molecule has 0 bridgehead atoms. The van der Waals surface area contributed by atoms with Crippen molar-refractivity contribution in [3.63, 3.8) is 0 Å². The first-order chi connectivity index (χ1) is 10.3. The van der Waals surface area contributed by atoms with Gasteiger partial charge in [0.15, 0.2) is 0 Å². The molecule has 21 heavy (non-hydrogen) atoms. The number of amides is 1. The average Bonchev–Trinajstić information content (AvgIpc) is 3.04. The third-order valence-corrected chi connectivity index (χ3v) is 4.66. The number of carbonyl (C=O) groups excluding carboxylic acids is 1. The van der Waals surface area contributed by atoms with E-state index in [0.29, 0.717) is 5.91 Å². The van der Waals surface area contributed by atoms with Crippen LogP contribution >= 0.6 is 0 Å². The van der Waals surface area contributed by atoms with Gasteiger partial charge in [-0.05, 0) is 49.9 Å². The van der Waals surface area contributed by atoms with E-state index in [9.17, 15) is 4.79 Å². The predicted octanol–water partition coefficient (Wildman–Crippen LogP) is 2.36. The molecule has 2 heterocycles. The number of methoxy groups -OCH3 is 1. The molecule has 0 radical (unpaired) electrons. The number of hydrogen-bond acceptors (Lipinski definition) is 3. The highest BCUT2D eigenvalue weighted by atomic mass is 16.5. The molecule has 2 aliphatic heterocycles. The van der Waals surface area contributed by atoms with Gasteiger partial charge in [-0.1, -0.05) is 12.1 Å². The van der Waals surface area contributed by atoms with Gasteiger partial charge in [-0.15, -0.1) is 0 Å². The van der Waals surface area contributed by atoms with Crippen molar-refractivity contribution >= 4 is 5.91 Å². The Hall–Kier alpha value is -1.55. The summed E-state index contributed by atoms with van der Waals surface area (Å²) in [4.78, 5) is 14.9. The van der Waals surface area contributed by atoms with Crippen LogP contribution in [-0.4, -0.2) is 37.6 Å². The normalized spacial score (nSPS) is 25.9. The second kappa shape index (κ2) is 6.48. The van der Waals surface area contributed by atoms with E-state index in [2.05, 4.69) is 22.3 Å². The number of ether oxygens (including phenoxy) is 1. The fraction of sp³-hybridized carbons (Fsp3) is 0.588. The van der Waals surface area contributed by atoms with Crippen LogP contribution in [0.2, 0.25) is 0 Å². The molecule has 0 saturated carbocycles. The molecule has 1 aromatic rings. The van der Waals surface area contributed by atoms with Crippen LogP contribution in [0.5, 0.6) is 5.75 Å². The minimum Gasteiger partial charge on any atom is -0.497 e. The van der Waals surface area contributed by atoms with Crippen molar-refractivity contribution in [2.45, 2.75) is 31.7 Å². The van der Waals surface area contributed by atoms with E-state index in [0.717, 1.165) is 51.1 Å². The number of nitrogens with one attached hydrogen (secondary N) is 1. The molecule has 1 unspecified atom stereocenters. The zero-order chi connectivity index (χ0) is 14.7. The van der Waals surface area contributed by atoms with Gasteiger partial charge in [-0.2, -0.15) is 0 Å². The largest absolute Gasteiger partial charge is 0.497 e. The Labute approximate surface area is 126 Å². The summed E-state index contributed by atoms with van der Waals surface area (Å²) in [6.45, 7) is 2.76. The van der Waals surface area contributed by atoms with Crippen LogP contribution in [0.25, 0.3) is 0 Å². The molecule has 2 aliphatic rings. The molecule has 2 fully saturated rings. The topological polar surface area (TPSA) is 41.6 Å². The SMILES string of the molecule is COc1cccc(C2CCCN2C(=O)[C@@H]2CCCNC2)c1. The second-order valence-corrected chi connectivity index (χ2v) is 6.01. The lowest BCUT2D eigenvalue weighted by molar-refractivity contribution is -0.137. The van der Waals surface area contributed by atoms with Crippen LogP contribution in [0.4, 0.5) is 0 Å². The van der Waals surface area contributed by atoms with Crippen molar-refractivity contribution in [2.24, 2.45) is 5.92 Å². The summed E-state index contributed by atoms with van der Waals surface area (Å²) in [6, 6.07) is 8.36. The van der Waals surface area contributed by atoms with Crippen LogP contribution < -0.4 is 10.1 Å². The summed E-state index contributed by atoms with van der Waals surface area (Å²) in [6.07, 6.45) is 4.27. The van der Waals surface area contributed by atoms with Gasteiger partial charge < -0.3 is 15.0 Å². The molecule has 4 heteroatoms. The minimum atomic E-state index is 0.157. The number of hydrogen-bond donors (Lipinski definition) is 1. The zero-order valence-corrected chi connectivity index (χ0v) is 12.7. The molecule has 3 rings (SSSR count). The number of rotatable bonds is 3. The van der Waals surface area contributed by atoms with Crippen LogP contribution in [0.15, 0.2) is 24.3 Å². The van der Waals surface area contributed by atoms with E-state index in [4.69, 9.17) is 4.74 Å². The Bertz CT molecular complexity index is 497. The van der Waals surface area contributed by atoms with Crippen molar-refractivity contribution in [2.75, 3.05) is 26.7 Å². The number of benzene rings is 1. The van der Waals surface area contributed by atoms with Gasteiger partial charge in [-0.3, -0.25) is 4.79 Å². The third-order valence-electron chi connectivity index (χ3n) is 4.66. The van der Waals surface area contributed by atoms with Crippen molar-refractivity contribution in [3.05, 3.63) is 29.8 Å². The molecule has 0 aromatic heterocycles. The standard InChI is InChI=1S/C17H24N2O2/c1-21-15-7-2-5-13(11-15)16-8-4-10-19(16)17(20)14-6-3-9-18-12-14/h2,5,7,11,14,16,18H,3-4,6,8-10,12H2,1H3/t14-,16?/m1/s1. The molecule has 1 aromatic carbocycles. The van der Waals surface area contributed by atoms with Crippen LogP contribution in [0, 0.1) is 5.92 Å². The Morgan fingerprint density at radius 3 is 3.00 bits per heavy atom. The van der Waals surface area contributed by atoms with Gasteiger partial charge in [-0.25, -0.2) is 0 Å². The van der Waals surface area contributed by atoms with Crippen molar-refractivity contribution in [1.82, 2.24) is 10.2 Å². The highest BCUT2D eigenvalue weighted by Gasteiger charge is 2.34. The quantitative estimate of drug-likeness (QED) is 0.928. The first-order valence-electron chi connectivity index (χ1n) is 7.95. The molecule has 4 nitrogen and oxygen atoms in total. The van der Waals surface area contributed by atoms with Gasteiger partial charge in [0.25, 0.3) is 0 Å². The minimum absolute atomic E-state index is 0.157. The Kier molecular flexibility index (Phi) is 4.44. The maximum absolute atomic E-state index is 12.8. The third kappa shape index (κ3) is 3.05. The van der Waals surface area contributed by atoms with Gasteiger partial charge in [0.2, 0.25) is 5.91 Å². The fourth-order valence-electron chi connectivity index (χ4n) is 3.52. The number of likely N-dealkylation sites (tertiary alicyclic amines) is 1. The van der Waals surface area contributed by atoms with Crippen LogP contribution in [-0.2, 0) is 4.79 Å². The number of nitrogens with zero attached hydrogens (tertiary/aromatic N) is 1. The summed E-state index contributed by atoms with van der Waals surface area (Å²) in [5.41, 5.74) is 1.20. The summed E-state index contributed by atoms with van der Waals surface area (Å²) in [7, 11) is 1.68. The van der Waals surface area contributed by atoms with Crippen LogP contribution in [0.3, 0.4) is 0 Å². The number of carbonyl (C=O) groups is 1. The average molecular weight is 288 g/mol. The molecular formula is C17H24N2O2. The van der Waals surface area contributed by atoms with Gasteiger partial charge >= 0.3 is 0 Å². The maximum atomic E-state index is 12.8. The monoisotopic (exact) mass is 288 g/mol. The first kappa shape index (κ1) is 14.4. The lowest BCUT2D eigenvalue weighted by atomic mass is 9.96. The van der Waals surface area contributed by atoms with E-state index in [1.54, 1.807) is 7.11 Å². The summed E-state index contributed by atoms with van der Waals surface area (Å²) in [5, 5.41) is 3.34. The van der Waals surface area contributed by atoms with Gasteiger partial charge in [0.05, 0.1) is 19.1 Å². The van der Waals surface area contributed by atoms with Crippen molar-refractivity contribution in [3.8, 4) is 5.75 Å². The molecule has 0 aliphatic carbocycles. The van der Waals surface area contributed by atoms with E-state index < -0.39 is 0 Å². The number of piperidine rings is 1. The van der Waals surface area contributed by atoms with E-state index >= 15 is 0 Å². The fourth-order valence-corrected chi connectivity index (χ4v) is 3.52. The second-order valence-electron chi connectivity index (χ2n) is 6.01. The van der Waals surface area contributed by atoms with Crippen molar-refractivity contribution < 1.29 is 9.53 Å². The lowest BCUT2D eigenvalue weighted by Crippen LogP contribution is -2.42. The first-order valence-corrected chi connectivity index (χ1v) is 7.95. The van der Waals surface area contributed by atoms with Crippen molar-refractivity contribution in [1.29, 1.82) is 0 Å². The Balaban J connectivity index is 1.76. The molecule has 0 spiro atoms. The molecular weight excluding hydrogens is 264 g/mol. The highest BCUT2D eigenvalue weighted by molar-refractivity contribution is 5.80. The Morgan fingerprint density at radius 1 is 1.33 bits per heavy atom. The zero-order valence-electron chi connectivity index (χ0n) is 12.7. The Morgan fingerprint density at radius 2 is 2.24 bits per heavy atom. The highest BCUT2D eigenvalue weighted by Crippen LogP contribution is 2.35. The summed E-state index contributed by atoms with van der Waals surface area (Å²) >= 11 is 0. The van der Waals surface area contributed by atoms with E-state index in [1.807, 2.05) is 12.1 Å². The van der Waals surface area contributed by atoms with E-state index in [1.165, 1.54) is 5.56 Å². The van der Waals surface area contributed by atoms with E-state index in [-0.39, 0.29) is 12.0 Å². The maximum Gasteiger partial charge on any atom is 0.227 e. The summed E-state index contributed by atoms with van der Waals surface area (Å²) in [5.74, 6) is 1.35. The summed E-state index contributed by atoms with van der Waals surface area (Å²) < 4.78 is 5.31. The smallest absolute Gasteiger partial charge is 0.227 e. The van der Waals surface area contributed by atoms with Gasteiger partial charge in [0.1, 0.15) is 5.75 Å². The van der Waals surface area contributed by atoms with Crippen LogP contribution in [0.1, 0.15) is 37.3 Å². The molecule has 1 N–H and O–H groups in total. The van der Waals surface area contributed by atoms with Gasteiger partial charge in [0, 0.05) is 13.1 Å². The molecule has 2 saturated heterocycles. The predicted molar refractivity (Wildman–Crippen MR) is 82.3 cm³/mol. The molecule has 114 valence electrons. The molecule has 1 amide bonds. The molecule has 2 atom stereocenters.